The fourth-order valence-electron chi connectivity index (χ4n) is 3.12. The lowest BCUT2D eigenvalue weighted by Gasteiger charge is -2.16. The normalized spacial score (nSPS) is 11.9. The molecule has 0 unspecified atom stereocenters. The van der Waals surface area contributed by atoms with Crippen molar-refractivity contribution in [3.63, 3.8) is 0 Å². The molecule has 0 bridgehead atoms. The minimum Gasteiger partial charge on any atom is -0.454 e. The predicted octanol–water partition coefficient (Wildman–Crippen LogP) is 2.35. The second kappa shape index (κ2) is 8.86. The van der Waals surface area contributed by atoms with Gasteiger partial charge in [-0.15, -0.1) is 0 Å². The number of amides is 2. The lowest BCUT2D eigenvalue weighted by atomic mass is 10.1. The van der Waals surface area contributed by atoms with Crippen molar-refractivity contribution >= 4 is 11.8 Å². The minimum atomic E-state index is -0.472. The molecule has 3 aromatic rings. The van der Waals surface area contributed by atoms with Gasteiger partial charge >= 0.3 is 11.8 Å². The van der Waals surface area contributed by atoms with E-state index in [1.54, 1.807) is 24.1 Å². The molecule has 0 radical (unpaired) electrons. The van der Waals surface area contributed by atoms with Crippen LogP contribution in [0.15, 0.2) is 47.0 Å². The Bertz CT molecular complexity index is 1110. The number of carbonyl (C=O) groups excluding carboxylic acids is 2. The van der Waals surface area contributed by atoms with Crippen molar-refractivity contribution in [3.05, 3.63) is 70.9 Å². The van der Waals surface area contributed by atoms with Crippen LogP contribution in [0.25, 0.3) is 0 Å². The van der Waals surface area contributed by atoms with Gasteiger partial charge in [-0.2, -0.15) is 4.98 Å². The van der Waals surface area contributed by atoms with Gasteiger partial charge in [0.2, 0.25) is 6.79 Å². The SMILES string of the molecule is Cc1cccc(C(=O)N(C)CCc2noc(C(=O)NCc3ccc4c(c3)OCO4)n2)c1. The van der Waals surface area contributed by atoms with Crippen LogP contribution in [0.3, 0.4) is 0 Å². The van der Waals surface area contributed by atoms with Crippen LogP contribution in [-0.4, -0.2) is 47.2 Å². The summed E-state index contributed by atoms with van der Waals surface area (Å²) in [6, 6.07) is 12.9. The number of benzene rings is 2. The van der Waals surface area contributed by atoms with Crippen molar-refractivity contribution in [2.75, 3.05) is 20.4 Å². The average molecular weight is 422 g/mol. The second-order valence-electron chi connectivity index (χ2n) is 7.23. The van der Waals surface area contributed by atoms with Gasteiger partial charge in [0.1, 0.15) is 0 Å². The molecule has 4 rings (SSSR count). The number of ether oxygens (including phenoxy) is 2. The number of aryl methyl sites for hydroxylation is 1. The van der Waals surface area contributed by atoms with Crippen molar-refractivity contribution in [1.29, 1.82) is 0 Å². The number of hydrogen-bond donors (Lipinski definition) is 1. The van der Waals surface area contributed by atoms with Gasteiger partial charge in [0.25, 0.3) is 5.91 Å². The van der Waals surface area contributed by atoms with Crippen molar-refractivity contribution in [1.82, 2.24) is 20.4 Å². The number of nitrogens with one attached hydrogen (secondary N) is 1. The van der Waals surface area contributed by atoms with Crippen molar-refractivity contribution < 1.29 is 23.6 Å². The fraction of sp³-hybridized carbons (Fsp3) is 0.273. The third-order valence-electron chi connectivity index (χ3n) is 4.83. The van der Waals surface area contributed by atoms with E-state index in [0.29, 0.717) is 35.9 Å². The first-order chi connectivity index (χ1) is 15.0. The first kappa shape index (κ1) is 20.4. The molecule has 1 aromatic heterocycles. The molecule has 2 aromatic carbocycles. The molecule has 0 fully saturated rings. The van der Waals surface area contributed by atoms with Gasteiger partial charge in [0.05, 0.1) is 0 Å². The van der Waals surface area contributed by atoms with E-state index in [0.717, 1.165) is 11.1 Å². The van der Waals surface area contributed by atoms with Gasteiger partial charge in [-0.25, -0.2) is 0 Å². The summed E-state index contributed by atoms with van der Waals surface area (Å²) < 4.78 is 15.7. The molecule has 9 nitrogen and oxygen atoms in total. The number of hydrogen-bond acceptors (Lipinski definition) is 7. The minimum absolute atomic E-state index is 0.0890. The summed E-state index contributed by atoms with van der Waals surface area (Å²) in [6.45, 7) is 2.81. The zero-order valence-corrected chi connectivity index (χ0v) is 17.3. The van der Waals surface area contributed by atoms with Gasteiger partial charge in [-0.1, -0.05) is 28.9 Å². The third kappa shape index (κ3) is 4.82. The molecule has 160 valence electrons. The summed E-state index contributed by atoms with van der Waals surface area (Å²) in [5, 5.41) is 6.57. The Morgan fingerprint density at radius 2 is 1.97 bits per heavy atom. The molecule has 1 N–H and O–H groups in total. The first-order valence-electron chi connectivity index (χ1n) is 9.81. The van der Waals surface area contributed by atoms with Crippen molar-refractivity contribution in [3.8, 4) is 11.5 Å². The Balaban J connectivity index is 1.28. The van der Waals surface area contributed by atoms with Crippen LogP contribution in [0, 0.1) is 6.92 Å². The predicted molar refractivity (Wildman–Crippen MR) is 110 cm³/mol. The highest BCUT2D eigenvalue weighted by molar-refractivity contribution is 5.94. The number of likely N-dealkylation sites (N-methyl/N-ethyl adjacent to an activating group) is 1. The van der Waals surface area contributed by atoms with E-state index in [4.69, 9.17) is 14.0 Å². The molecule has 2 amide bonds. The molecule has 0 saturated heterocycles. The topological polar surface area (TPSA) is 107 Å². The van der Waals surface area contributed by atoms with Gasteiger partial charge in [-0.3, -0.25) is 9.59 Å². The molecule has 2 heterocycles. The Labute approximate surface area is 179 Å². The fourth-order valence-corrected chi connectivity index (χ4v) is 3.12. The lowest BCUT2D eigenvalue weighted by molar-refractivity contribution is 0.0795. The van der Waals surface area contributed by atoms with Gasteiger partial charge < -0.3 is 24.2 Å². The smallest absolute Gasteiger partial charge is 0.315 e. The summed E-state index contributed by atoms with van der Waals surface area (Å²) in [7, 11) is 1.71. The van der Waals surface area contributed by atoms with Crippen LogP contribution in [0.5, 0.6) is 11.5 Å². The summed E-state index contributed by atoms with van der Waals surface area (Å²) in [4.78, 5) is 30.5. The largest absolute Gasteiger partial charge is 0.454 e. The first-order valence-corrected chi connectivity index (χ1v) is 9.81. The van der Waals surface area contributed by atoms with E-state index in [9.17, 15) is 9.59 Å². The van der Waals surface area contributed by atoms with Crippen molar-refractivity contribution in [2.45, 2.75) is 19.9 Å². The quantitative estimate of drug-likeness (QED) is 0.623. The Kier molecular flexibility index (Phi) is 5.83. The molecule has 1 aliphatic rings. The monoisotopic (exact) mass is 422 g/mol. The maximum Gasteiger partial charge on any atom is 0.315 e. The number of carbonyl (C=O) groups is 2. The molecule has 9 heteroatoms. The molecular weight excluding hydrogens is 400 g/mol. The van der Waals surface area contributed by atoms with E-state index in [-0.39, 0.29) is 25.1 Å². The zero-order chi connectivity index (χ0) is 21.8. The summed E-state index contributed by atoms with van der Waals surface area (Å²) >= 11 is 0. The van der Waals surface area contributed by atoms with Gasteiger partial charge in [-0.05, 0) is 36.8 Å². The van der Waals surface area contributed by atoms with Crippen LogP contribution in [-0.2, 0) is 13.0 Å². The van der Waals surface area contributed by atoms with Crippen molar-refractivity contribution in [2.24, 2.45) is 0 Å². The average Bonchev–Trinajstić information content (AvgIpc) is 3.44. The second-order valence-corrected chi connectivity index (χ2v) is 7.23. The number of aromatic nitrogens is 2. The van der Waals surface area contributed by atoms with E-state index < -0.39 is 5.91 Å². The van der Waals surface area contributed by atoms with E-state index in [2.05, 4.69) is 15.5 Å². The molecular formula is C22H22N4O5. The lowest BCUT2D eigenvalue weighted by Crippen LogP contribution is -2.29. The van der Waals surface area contributed by atoms with Crippen LogP contribution in [0.4, 0.5) is 0 Å². The van der Waals surface area contributed by atoms with Crippen LogP contribution < -0.4 is 14.8 Å². The summed E-state index contributed by atoms with van der Waals surface area (Å²) in [5.41, 5.74) is 2.50. The van der Waals surface area contributed by atoms with Gasteiger partial charge in [0.15, 0.2) is 17.3 Å². The summed E-state index contributed by atoms with van der Waals surface area (Å²) in [6.07, 6.45) is 0.368. The molecule has 0 aliphatic carbocycles. The molecule has 31 heavy (non-hydrogen) atoms. The van der Waals surface area contributed by atoms with Crippen LogP contribution >= 0.6 is 0 Å². The highest BCUT2D eigenvalue weighted by Gasteiger charge is 2.18. The zero-order valence-electron chi connectivity index (χ0n) is 17.3. The van der Waals surface area contributed by atoms with E-state index >= 15 is 0 Å². The molecule has 0 atom stereocenters. The maximum atomic E-state index is 12.5. The Morgan fingerprint density at radius 1 is 1.13 bits per heavy atom. The number of fused-ring (bicyclic) bond motifs is 1. The van der Waals surface area contributed by atoms with Crippen LogP contribution in [0.1, 0.15) is 38.0 Å². The highest BCUT2D eigenvalue weighted by atomic mass is 16.7. The third-order valence-corrected chi connectivity index (χ3v) is 4.83. The highest BCUT2D eigenvalue weighted by Crippen LogP contribution is 2.32. The standard InChI is InChI=1S/C22H22N4O5/c1-14-4-3-5-16(10-14)22(28)26(2)9-8-19-24-21(31-25-19)20(27)23-12-15-6-7-17-18(11-15)30-13-29-17/h3-7,10-11H,8-9,12-13H2,1-2H3,(H,23,27). The van der Waals surface area contributed by atoms with Gasteiger partial charge in [0, 0.05) is 32.1 Å². The van der Waals surface area contributed by atoms with Crippen LogP contribution in [0.2, 0.25) is 0 Å². The molecule has 1 aliphatic heterocycles. The number of rotatable bonds is 7. The molecule has 0 saturated carbocycles. The Hall–Kier alpha value is -3.88. The maximum absolute atomic E-state index is 12.5. The van der Waals surface area contributed by atoms with E-state index in [1.165, 1.54) is 0 Å². The Morgan fingerprint density at radius 3 is 2.81 bits per heavy atom. The molecule has 0 spiro atoms. The van der Waals surface area contributed by atoms with E-state index in [1.807, 2.05) is 37.3 Å². The number of nitrogens with zero attached hydrogens (tertiary/aromatic N) is 3. The summed E-state index contributed by atoms with van der Waals surface area (Å²) in [5.74, 6) is 1.01.